The van der Waals surface area contributed by atoms with Crippen LogP contribution in [-0.4, -0.2) is 30.4 Å². The smallest absolute Gasteiger partial charge is 0.349 e. The summed E-state index contributed by atoms with van der Waals surface area (Å²) in [7, 11) is 1.54. The third kappa shape index (κ3) is 3.92. The summed E-state index contributed by atoms with van der Waals surface area (Å²) < 4.78 is 18.5. The first-order valence-corrected chi connectivity index (χ1v) is 7.55. The minimum absolute atomic E-state index is 0.126. The van der Waals surface area contributed by atoms with Gasteiger partial charge in [0.25, 0.3) is 5.91 Å². The molecule has 0 aliphatic heterocycles. The molecule has 0 bridgehead atoms. The van der Waals surface area contributed by atoms with E-state index < -0.39 is 5.97 Å². The Balaban J connectivity index is 1.88. The van der Waals surface area contributed by atoms with Crippen molar-refractivity contribution in [3.8, 4) is 0 Å². The van der Waals surface area contributed by atoms with Crippen LogP contribution in [0.4, 0.5) is 4.39 Å². The van der Waals surface area contributed by atoms with Crippen molar-refractivity contribution in [2.75, 3.05) is 13.7 Å². The third-order valence-corrected chi connectivity index (χ3v) is 4.16. The number of likely N-dealkylation sites (N-methyl/N-ethyl adjacent to an activating group) is 1. The van der Waals surface area contributed by atoms with Crippen LogP contribution in [-0.2, 0) is 16.1 Å². The molecule has 0 saturated heterocycles. The molecular formula is C16H16FNO3S. The Hall–Kier alpha value is -2.21. The fourth-order valence-electron chi connectivity index (χ4n) is 1.86. The largest absolute Gasteiger partial charge is 0.451 e. The van der Waals surface area contributed by atoms with E-state index >= 15 is 0 Å². The summed E-state index contributed by atoms with van der Waals surface area (Å²) in [4.78, 5) is 25.6. The second-order valence-corrected chi connectivity index (χ2v) is 5.77. The molecule has 2 rings (SSSR count). The molecule has 0 unspecified atom stereocenters. The highest BCUT2D eigenvalue weighted by atomic mass is 32.1. The molecule has 1 heterocycles. The molecule has 0 spiro atoms. The van der Waals surface area contributed by atoms with Crippen LogP contribution >= 0.6 is 11.3 Å². The first-order chi connectivity index (χ1) is 10.5. The molecule has 0 N–H and O–H groups in total. The van der Waals surface area contributed by atoms with Crippen LogP contribution in [0.25, 0.3) is 0 Å². The average Bonchev–Trinajstić information content (AvgIpc) is 2.93. The third-order valence-electron chi connectivity index (χ3n) is 3.17. The molecule has 1 aromatic carbocycles. The summed E-state index contributed by atoms with van der Waals surface area (Å²) in [6.07, 6.45) is 0. The second kappa shape index (κ2) is 7.17. The van der Waals surface area contributed by atoms with E-state index in [0.29, 0.717) is 10.4 Å². The second-order valence-electron chi connectivity index (χ2n) is 4.85. The number of ether oxygens (including phenoxy) is 1. The zero-order chi connectivity index (χ0) is 16.1. The first-order valence-electron chi connectivity index (χ1n) is 6.67. The summed E-state index contributed by atoms with van der Waals surface area (Å²) in [5.74, 6) is -1.26. The van der Waals surface area contributed by atoms with Crippen molar-refractivity contribution in [2.45, 2.75) is 13.5 Å². The van der Waals surface area contributed by atoms with Gasteiger partial charge in [-0.3, -0.25) is 4.79 Å². The van der Waals surface area contributed by atoms with E-state index in [4.69, 9.17) is 4.74 Å². The number of carbonyl (C=O) groups excluding carboxylic acids is 2. The van der Waals surface area contributed by atoms with Gasteiger partial charge in [0.05, 0.1) is 0 Å². The van der Waals surface area contributed by atoms with Crippen molar-refractivity contribution in [2.24, 2.45) is 0 Å². The predicted octanol–water partition coefficient (Wildman–Crippen LogP) is 3.01. The van der Waals surface area contributed by atoms with E-state index in [1.807, 2.05) is 6.07 Å². The molecule has 4 nitrogen and oxygen atoms in total. The first kappa shape index (κ1) is 16.2. The Labute approximate surface area is 132 Å². The van der Waals surface area contributed by atoms with Gasteiger partial charge in [0.15, 0.2) is 6.61 Å². The van der Waals surface area contributed by atoms with Crippen LogP contribution in [0.15, 0.2) is 35.7 Å². The standard InChI is InChI=1S/C16H16FNO3S/c1-11-7-8-22-15(11)16(20)21-10-14(19)18(2)9-12-5-3-4-6-13(12)17/h3-8H,9-10H2,1-2H3. The maximum Gasteiger partial charge on any atom is 0.349 e. The monoisotopic (exact) mass is 321 g/mol. The minimum atomic E-state index is -0.514. The van der Waals surface area contributed by atoms with Gasteiger partial charge in [0.1, 0.15) is 10.7 Å². The van der Waals surface area contributed by atoms with E-state index in [0.717, 1.165) is 5.56 Å². The highest BCUT2D eigenvalue weighted by Crippen LogP contribution is 2.16. The Morgan fingerprint density at radius 2 is 2.00 bits per heavy atom. The van der Waals surface area contributed by atoms with E-state index in [9.17, 15) is 14.0 Å². The molecule has 0 fully saturated rings. The molecule has 0 aliphatic rings. The summed E-state index contributed by atoms with van der Waals surface area (Å²) >= 11 is 1.27. The lowest BCUT2D eigenvalue weighted by Gasteiger charge is -2.17. The van der Waals surface area contributed by atoms with E-state index in [1.54, 1.807) is 37.6 Å². The molecule has 116 valence electrons. The topological polar surface area (TPSA) is 46.6 Å². The Kier molecular flexibility index (Phi) is 5.27. The number of aryl methyl sites for hydroxylation is 1. The van der Waals surface area contributed by atoms with Gasteiger partial charge >= 0.3 is 5.97 Å². The fourth-order valence-corrected chi connectivity index (χ4v) is 2.67. The van der Waals surface area contributed by atoms with Crippen LogP contribution < -0.4 is 0 Å². The molecule has 22 heavy (non-hydrogen) atoms. The summed E-state index contributed by atoms with van der Waals surface area (Å²) in [6, 6.07) is 8.06. The summed E-state index contributed by atoms with van der Waals surface area (Å²) in [5, 5.41) is 1.79. The Bertz CT molecular complexity index is 684. The van der Waals surface area contributed by atoms with Crippen LogP contribution in [0.5, 0.6) is 0 Å². The van der Waals surface area contributed by atoms with E-state index in [1.165, 1.54) is 22.3 Å². The minimum Gasteiger partial charge on any atom is -0.451 e. The normalized spacial score (nSPS) is 10.3. The van der Waals surface area contributed by atoms with Gasteiger partial charge in [-0.15, -0.1) is 11.3 Å². The van der Waals surface area contributed by atoms with Crippen molar-refractivity contribution >= 4 is 23.2 Å². The fraction of sp³-hybridized carbons (Fsp3) is 0.250. The van der Waals surface area contributed by atoms with E-state index in [2.05, 4.69) is 0 Å². The molecule has 1 aromatic heterocycles. The molecule has 0 aliphatic carbocycles. The number of thiophene rings is 1. The van der Waals surface area contributed by atoms with Crippen molar-refractivity contribution in [3.63, 3.8) is 0 Å². The maximum atomic E-state index is 13.5. The van der Waals surface area contributed by atoms with Gasteiger partial charge < -0.3 is 9.64 Å². The van der Waals surface area contributed by atoms with Gasteiger partial charge in [-0.05, 0) is 30.0 Å². The van der Waals surface area contributed by atoms with Gasteiger partial charge in [-0.25, -0.2) is 9.18 Å². The molecule has 0 radical (unpaired) electrons. The lowest BCUT2D eigenvalue weighted by molar-refractivity contribution is -0.133. The van der Waals surface area contributed by atoms with E-state index in [-0.39, 0.29) is 24.9 Å². The quantitative estimate of drug-likeness (QED) is 0.795. The highest BCUT2D eigenvalue weighted by Gasteiger charge is 2.16. The van der Waals surface area contributed by atoms with Gasteiger partial charge in [0, 0.05) is 19.2 Å². The average molecular weight is 321 g/mol. The lowest BCUT2D eigenvalue weighted by Crippen LogP contribution is -2.31. The van der Waals surface area contributed by atoms with Crippen molar-refractivity contribution in [1.29, 1.82) is 0 Å². The number of benzene rings is 1. The maximum absolute atomic E-state index is 13.5. The highest BCUT2D eigenvalue weighted by molar-refractivity contribution is 7.12. The van der Waals surface area contributed by atoms with Gasteiger partial charge in [-0.2, -0.15) is 0 Å². The molecule has 2 aromatic rings. The number of esters is 1. The molecule has 1 amide bonds. The zero-order valence-electron chi connectivity index (χ0n) is 12.3. The number of nitrogens with zero attached hydrogens (tertiary/aromatic N) is 1. The molecule has 6 heteroatoms. The molecule has 0 saturated carbocycles. The zero-order valence-corrected chi connectivity index (χ0v) is 13.2. The SMILES string of the molecule is Cc1ccsc1C(=O)OCC(=O)N(C)Cc1ccccc1F. The summed E-state index contributed by atoms with van der Waals surface area (Å²) in [5.41, 5.74) is 1.24. The predicted molar refractivity (Wildman–Crippen MR) is 82.2 cm³/mol. The number of hydrogen-bond donors (Lipinski definition) is 0. The number of halogens is 1. The van der Waals surface area contributed by atoms with Crippen LogP contribution in [0.2, 0.25) is 0 Å². The summed E-state index contributed by atoms with van der Waals surface area (Å²) in [6.45, 7) is 1.57. The van der Waals surface area contributed by atoms with Gasteiger partial charge in [0.2, 0.25) is 0 Å². The van der Waals surface area contributed by atoms with Crippen LogP contribution in [0.1, 0.15) is 20.8 Å². The van der Waals surface area contributed by atoms with Crippen molar-refractivity contribution in [3.05, 3.63) is 57.5 Å². The Morgan fingerprint density at radius 3 is 2.64 bits per heavy atom. The Morgan fingerprint density at radius 1 is 1.27 bits per heavy atom. The number of amides is 1. The molecule has 0 atom stereocenters. The van der Waals surface area contributed by atoms with Crippen molar-refractivity contribution in [1.82, 2.24) is 4.90 Å². The van der Waals surface area contributed by atoms with Crippen LogP contribution in [0.3, 0.4) is 0 Å². The lowest BCUT2D eigenvalue weighted by atomic mass is 10.2. The van der Waals surface area contributed by atoms with Crippen molar-refractivity contribution < 1.29 is 18.7 Å². The number of hydrogen-bond acceptors (Lipinski definition) is 4. The number of carbonyl (C=O) groups is 2. The van der Waals surface area contributed by atoms with Gasteiger partial charge in [-0.1, -0.05) is 18.2 Å². The van der Waals surface area contributed by atoms with Crippen LogP contribution in [0, 0.1) is 12.7 Å². The molecular weight excluding hydrogens is 305 g/mol. The number of rotatable bonds is 5.